The van der Waals surface area contributed by atoms with Crippen molar-refractivity contribution in [3.8, 4) is 5.75 Å². The van der Waals surface area contributed by atoms with Crippen LogP contribution < -0.4 is 10.5 Å². The smallest absolute Gasteiger partial charge is 0.405 e. The van der Waals surface area contributed by atoms with Gasteiger partial charge in [0.05, 0.1) is 6.54 Å². The minimum absolute atomic E-state index is 0.210. The fourth-order valence-corrected chi connectivity index (χ4v) is 2.56. The number of hydrogen-bond donors (Lipinski definition) is 1. The van der Waals surface area contributed by atoms with Crippen molar-refractivity contribution in [1.82, 2.24) is 14.8 Å². The fraction of sp³-hybridized carbons (Fsp3) is 0.333. The molecule has 0 aliphatic rings. The van der Waals surface area contributed by atoms with Crippen LogP contribution in [0.4, 0.5) is 13.2 Å². The van der Waals surface area contributed by atoms with Gasteiger partial charge < -0.3 is 15.0 Å². The van der Waals surface area contributed by atoms with Crippen LogP contribution in [-0.2, 0) is 19.3 Å². The van der Waals surface area contributed by atoms with Crippen LogP contribution in [-0.4, -0.2) is 21.1 Å². The molecule has 1 heterocycles. The largest absolute Gasteiger partial charge is 0.573 e. The van der Waals surface area contributed by atoms with E-state index < -0.39 is 6.36 Å². The van der Waals surface area contributed by atoms with Gasteiger partial charge in [0.1, 0.15) is 11.6 Å². The van der Waals surface area contributed by atoms with Crippen molar-refractivity contribution in [3.63, 3.8) is 0 Å². The molecule has 0 atom stereocenters. The number of nitrogens with two attached hydrogens (primary N) is 1. The summed E-state index contributed by atoms with van der Waals surface area (Å²) in [5, 5.41) is 8.40. The van der Waals surface area contributed by atoms with Crippen molar-refractivity contribution in [3.05, 3.63) is 35.7 Å². The number of nitrogens with zero attached hydrogens (tertiary/aromatic N) is 3. The normalized spacial score (nSPS) is 11.7. The number of rotatable bonds is 5. The van der Waals surface area contributed by atoms with E-state index in [1.54, 1.807) is 23.7 Å². The lowest BCUT2D eigenvalue weighted by Gasteiger charge is -2.12. The van der Waals surface area contributed by atoms with E-state index in [9.17, 15) is 13.2 Å². The second-order valence-electron chi connectivity index (χ2n) is 4.11. The SMILES string of the molecule is Cn1c(CN)nnc1SCc1ccccc1OC(F)(F)F. The summed E-state index contributed by atoms with van der Waals surface area (Å²) in [5.41, 5.74) is 5.92. The van der Waals surface area contributed by atoms with Crippen molar-refractivity contribution in [1.29, 1.82) is 0 Å². The molecule has 2 aromatic rings. The number of hydrogen-bond acceptors (Lipinski definition) is 5. The summed E-state index contributed by atoms with van der Waals surface area (Å²) < 4.78 is 42.7. The van der Waals surface area contributed by atoms with E-state index in [1.165, 1.54) is 23.9 Å². The second kappa shape index (κ2) is 6.35. The molecule has 0 radical (unpaired) electrons. The fourth-order valence-electron chi connectivity index (χ4n) is 1.64. The molecule has 0 fully saturated rings. The third-order valence-electron chi connectivity index (χ3n) is 2.66. The Morgan fingerprint density at radius 2 is 2.00 bits per heavy atom. The summed E-state index contributed by atoms with van der Waals surface area (Å²) in [5.74, 6) is 0.680. The van der Waals surface area contributed by atoms with E-state index >= 15 is 0 Å². The molecule has 9 heteroatoms. The predicted molar refractivity (Wildman–Crippen MR) is 71.6 cm³/mol. The highest BCUT2D eigenvalue weighted by Gasteiger charge is 2.32. The lowest BCUT2D eigenvalue weighted by atomic mass is 10.2. The van der Waals surface area contributed by atoms with Gasteiger partial charge in [-0.15, -0.1) is 23.4 Å². The van der Waals surface area contributed by atoms with Crippen LogP contribution in [0.15, 0.2) is 29.4 Å². The molecule has 1 aromatic carbocycles. The molecule has 0 saturated heterocycles. The number of thioether (sulfide) groups is 1. The molecule has 0 aliphatic heterocycles. The van der Waals surface area contributed by atoms with Gasteiger partial charge in [-0.3, -0.25) is 0 Å². The van der Waals surface area contributed by atoms with E-state index in [-0.39, 0.29) is 18.0 Å². The van der Waals surface area contributed by atoms with Crippen LogP contribution in [0.25, 0.3) is 0 Å². The summed E-state index contributed by atoms with van der Waals surface area (Å²) in [6.45, 7) is 0.248. The first kappa shape index (κ1) is 15.6. The highest BCUT2D eigenvalue weighted by Crippen LogP contribution is 2.30. The monoisotopic (exact) mass is 318 g/mol. The maximum atomic E-state index is 12.3. The minimum atomic E-state index is -4.71. The Bertz CT molecular complexity index is 615. The molecule has 114 valence electrons. The van der Waals surface area contributed by atoms with Crippen molar-refractivity contribution in [2.45, 2.75) is 23.8 Å². The molecule has 0 saturated carbocycles. The third kappa shape index (κ3) is 4.11. The van der Waals surface area contributed by atoms with Gasteiger partial charge in [-0.05, 0) is 6.07 Å². The molecule has 0 aliphatic carbocycles. The summed E-state index contributed by atoms with van der Waals surface area (Å²) >= 11 is 1.26. The number of halogens is 3. The predicted octanol–water partition coefficient (Wildman–Crippen LogP) is 2.46. The molecule has 0 spiro atoms. The Balaban J connectivity index is 2.11. The first-order chi connectivity index (χ1) is 9.90. The van der Waals surface area contributed by atoms with Crippen molar-refractivity contribution < 1.29 is 17.9 Å². The van der Waals surface area contributed by atoms with Crippen LogP contribution >= 0.6 is 11.8 Å². The van der Waals surface area contributed by atoms with Crippen LogP contribution in [0.3, 0.4) is 0 Å². The first-order valence-electron chi connectivity index (χ1n) is 5.95. The maximum Gasteiger partial charge on any atom is 0.573 e. The number of ether oxygens (including phenoxy) is 1. The van der Waals surface area contributed by atoms with Gasteiger partial charge in [0, 0.05) is 18.4 Å². The van der Waals surface area contributed by atoms with Crippen molar-refractivity contribution in [2.24, 2.45) is 12.8 Å². The molecule has 0 bridgehead atoms. The molecule has 1 aromatic heterocycles. The second-order valence-corrected chi connectivity index (χ2v) is 5.05. The molecular formula is C12H13F3N4OS. The zero-order chi connectivity index (χ0) is 15.5. The third-order valence-corrected chi connectivity index (χ3v) is 3.73. The van der Waals surface area contributed by atoms with Gasteiger partial charge >= 0.3 is 6.36 Å². The molecular weight excluding hydrogens is 305 g/mol. The van der Waals surface area contributed by atoms with Crippen LogP contribution in [0, 0.1) is 0 Å². The van der Waals surface area contributed by atoms with E-state index in [1.807, 2.05) is 0 Å². The molecule has 2 N–H and O–H groups in total. The quantitative estimate of drug-likeness (QED) is 0.858. The number of para-hydroxylation sites is 1. The average Bonchev–Trinajstić information content (AvgIpc) is 2.77. The van der Waals surface area contributed by atoms with E-state index in [2.05, 4.69) is 14.9 Å². The Labute approximate surface area is 123 Å². The maximum absolute atomic E-state index is 12.3. The topological polar surface area (TPSA) is 66.0 Å². The van der Waals surface area contributed by atoms with E-state index in [0.29, 0.717) is 16.5 Å². The summed E-state index contributed by atoms with van der Waals surface area (Å²) in [7, 11) is 1.75. The molecule has 5 nitrogen and oxygen atoms in total. The van der Waals surface area contributed by atoms with E-state index in [0.717, 1.165) is 0 Å². The van der Waals surface area contributed by atoms with Gasteiger partial charge in [0.15, 0.2) is 5.16 Å². The Morgan fingerprint density at radius 1 is 1.29 bits per heavy atom. The Morgan fingerprint density at radius 3 is 2.62 bits per heavy atom. The lowest BCUT2D eigenvalue weighted by Crippen LogP contribution is -2.18. The molecule has 21 heavy (non-hydrogen) atoms. The average molecular weight is 318 g/mol. The van der Waals surface area contributed by atoms with Gasteiger partial charge in [-0.1, -0.05) is 30.0 Å². The summed E-state index contributed by atoms with van der Waals surface area (Å²) in [4.78, 5) is 0. The Kier molecular flexibility index (Phi) is 4.73. The molecule has 0 unspecified atom stereocenters. The van der Waals surface area contributed by atoms with E-state index in [4.69, 9.17) is 5.73 Å². The number of aromatic nitrogens is 3. The summed E-state index contributed by atoms with van der Waals surface area (Å²) in [6, 6.07) is 6.00. The van der Waals surface area contributed by atoms with Crippen molar-refractivity contribution >= 4 is 11.8 Å². The number of alkyl halides is 3. The summed E-state index contributed by atoms with van der Waals surface area (Å²) in [6.07, 6.45) is -4.71. The van der Waals surface area contributed by atoms with Crippen molar-refractivity contribution in [2.75, 3.05) is 0 Å². The highest BCUT2D eigenvalue weighted by molar-refractivity contribution is 7.98. The first-order valence-corrected chi connectivity index (χ1v) is 6.94. The van der Waals surface area contributed by atoms with Gasteiger partial charge in [0.25, 0.3) is 0 Å². The zero-order valence-corrected chi connectivity index (χ0v) is 11.9. The van der Waals surface area contributed by atoms with Crippen LogP contribution in [0.1, 0.15) is 11.4 Å². The Hall–Kier alpha value is -1.74. The van der Waals surface area contributed by atoms with Gasteiger partial charge in [-0.2, -0.15) is 0 Å². The van der Waals surface area contributed by atoms with Gasteiger partial charge in [0.2, 0.25) is 0 Å². The lowest BCUT2D eigenvalue weighted by molar-refractivity contribution is -0.274. The van der Waals surface area contributed by atoms with Crippen LogP contribution in [0.5, 0.6) is 5.75 Å². The molecule has 2 rings (SSSR count). The standard InChI is InChI=1S/C12H13F3N4OS/c1-19-10(6-16)17-18-11(19)21-7-8-4-2-3-5-9(8)20-12(13,14)15/h2-5H,6-7,16H2,1H3. The number of benzene rings is 1. The highest BCUT2D eigenvalue weighted by atomic mass is 32.2. The zero-order valence-electron chi connectivity index (χ0n) is 11.1. The van der Waals surface area contributed by atoms with Gasteiger partial charge in [-0.25, -0.2) is 0 Å². The molecule has 0 amide bonds. The van der Waals surface area contributed by atoms with Crippen LogP contribution in [0.2, 0.25) is 0 Å². The minimum Gasteiger partial charge on any atom is -0.405 e.